The molecular formula is C32H62NiO8. The van der Waals surface area contributed by atoms with E-state index in [1.807, 2.05) is 27.7 Å². The minimum atomic E-state index is -0.893. The third-order valence-electron chi connectivity index (χ3n) is 6.96. The van der Waals surface area contributed by atoms with Crippen molar-refractivity contribution < 1.29 is 56.1 Å². The van der Waals surface area contributed by atoms with Crippen molar-refractivity contribution in [1.29, 1.82) is 0 Å². The normalized spacial score (nSPS) is 12.7. The van der Waals surface area contributed by atoms with Crippen molar-refractivity contribution in [3.05, 3.63) is 0 Å². The van der Waals surface area contributed by atoms with Gasteiger partial charge >= 0.3 is 28.4 Å². The van der Waals surface area contributed by atoms with Crippen LogP contribution >= 0.6 is 0 Å². The molecular weight excluding hydrogens is 571 g/mol. The molecule has 0 saturated heterocycles. The van der Waals surface area contributed by atoms with Crippen LogP contribution in [0.1, 0.15) is 158 Å². The minimum absolute atomic E-state index is 0. The van der Waals surface area contributed by atoms with Gasteiger partial charge in [0.2, 0.25) is 0 Å². The van der Waals surface area contributed by atoms with Gasteiger partial charge < -0.3 is 30.0 Å². The molecule has 2 N–H and O–H groups in total. The number of unbranched alkanes of at least 4 members (excludes halogenated alkanes) is 4. The average Bonchev–Trinajstić information content (AvgIpc) is 2.91. The molecule has 0 aromatic carbocycles. The van der Waals surface area contributed by atoms with E-state index in [1.165, 1.54) is 0 Å². The largest absolute Gasteiger partial charge is 2.00 e. The van der Waals surface area contributed by atoms with Crippen LogP contribution in [-0.2, 0) is 35.7 Å². The first-order valence-corrected chi connectivity index (χ1v) is 15.7. The predicted octanol–water partition coefficient (Wildman–Crippen LogP) is 6.48. The molecule has 8 nitrogen and oxygen atoms in total. The Kier molecular flexibility index (Phi) is 43.6. The Morgan fingerprint density at radius 1 is 0.463 bits per heavy atom. The van der Waals surface area contributed by atoms with E-state index >= 15 is 0 Å². The topological polar surface area (TPSA) is 155 Å². The molecule has 0 spiro atoms. The standard InChI is InChI=1S/4C8H16O2.Ni/c4*1-3-5-6-7(4-2)8(9)10;/h4*7H,3-6H2,1-2H3,(H,9,10);/q;;;;+2/p-2. The van der Waals surface area contributed by atoms with E-state index in [9.17, 15) is 29.4 Å². The fourth-order valence-electron chi connectivity index (χ4n) is 3.78. The Balaban J connectivity index is -0.000000139. The van der Waals surface area contributed by atoms with Crippen molar-refractivity contribution in [3.8, 4) is 0 Å². The van der Waals surface area contributed by atoms with Crippen LogP contribution in [0, 0.1) is 23.7 Å². The second kappa shape index (κ2) is 36.4. The van der Waals surface area contributed by atoms with Crippen LogP contribution in [0.3, 0.4) is 0 Å². The molecule has 0 fully saturated rings. The third kappa shape index (κ3) is 34.5. The summed E-state index contributed by atoms with van der Waals surface area (Å²) in [6.45, 7) is 15.9. The van der Waals surface area contributed by atoms with E-state index in [2.05, 4.69) is 27.7 Å². The molecule has 41 heavy (non-hydrogen) atoms. The molecule has 0 heterocycles. The van der Waals surface area contributed by atoms with Gasteiger partial charge in [-0.2, -0.15) is 0 Å². The number of rotatable bonds is 20. The molecule has 0 rings (SSSR count). The first-order valence-electron chi connectivity index (χ1n) is 15.7. The first kappa shape index (κ1) is 49.1. The van der Waals surface area contributed by atoms with E-state index in [4.69, 9.17) is 10.2 Å². The summed E-state index contributed by atoms with van der Waals surface area (Å²) in [6.07, 6.45) is 14.5. The molecule has 0 saturated carbocycles. The van der Waals surface area contributed by atoms with E-state index < -0.39 is 23.9 Å². The summed E-state index contributed by atoms with van der Waals surface area (Å²) in [7, 11) is 0. The Labute approximate surface area is 261 Å². The zero-order valence-electron chi connectivity index (χ0n) is 27.3. The molecule has 0 aromatic rings. The molecule has 0 aliphatic rings. The van der Waals surface area contributed by atoms with Crippen molar-refractivity contribution in [2.24, 2.45) is 23.7 Å². The van der Waals surface area contributed by atoms with Crippen LogP contribution in [-0.4, -0.2) is 34.1 Å². The van der Waals surface area contributed by atoms with Gasteiger partial charge in [-0.25, -0.2) is 0 Å². The Morgan fingerprint density at radius 2 is 0.659 bits per heavy atom. The quantitative estimate of drug-likeness (QED) is 0.144. The first-order chi connectivity index (χ1) is 18.9. The zero-order valence-corrected chi connectivity index (χ0v) is 28.3. The van der Waals surface area contributed by atoms with Gasteiger partial charge in [0.25, 0.3) is 0 Å². The summed E-state index contributed by atoms with van der Waals surface area (Å²) < 4.78 is 0. The Bertz CT molecular complexity index is 509. The average molecular weight is 634 g/mol. The maximum absolute atomic E-state index is 10.4. The van der Waals surface area contributed by atoms with Crippen LogP contribution in [0.15, 0.2) is 0 Å². The van der Waals surface area contributed by atoms with Crippen molar-refractivity contribution in [2.75, 3.05) is 0 Å². The smallest absolute Gasteiger partial charge is 0.550 e. The van der Waals surface area contributed by atoms with Crippen LogP contribution in [0.25, 0.3) is 0 Å². The second-order valence-corrected chi connectivity index (χ2v) is 10.3. The molecule has 0 amide bonds. The van der Waals surface area contributed by atoms with E-state index in [1.54, 1.807) is 0 Å². The van der Waals surface area contributed by atoms with Gasteiger partial charge in [0.05, 0.1) is 11.8 Å². The zero-order chi connectivity index (χ0) is 31.9. The van der Waals surface area contributed by atoms with Gasteiger partial charge in [-0.1, -0.05) is 107 Å². The van der Waals surface area contributed by atoms with Gasteiger partial charge in [-0.3, -0.25) is 9.59 Å². The molecule has 0 radical (unpaired) electrons. The second-order valence-electron chi connectivity index (χ2n) is 10.3. The number of hydrogen-bond donors (Lipinski definition) is 2. The summed E-state index contributed by atoms with van der Waals surface area (Å²) in [5.74, 6) is -3.74. The summed E-state index contributed by atoms with van der Waals surface area (Å²) in [5.41, 5.74) is 0. The van der Waals surface area contributed by atoms with Gasteiger partial charge in [-0.15, -0.1) is 0 Å². The monoisotopic (exact) mass is 632 g/mol. The maximum Gasteiger partial charge on any atom is 2.00 e. The molecule has 9 heteroatoms. The summed E-state index contributed by atoms with van der Waals surface area (Å²) >= 11 is 0. The molecule has 0 aliphatic heterocycles. The number of carboxylic acid groups (broad SMARTS) is 4. The van der Waals surface area contributed by atoms with Crippen molar-refractivity contribution in [1.82, 2.24) is 0 Å². The van der Waals surface area contributed by atoms with Gasteiger partial charge in [0.15, 0.2) is 0 Å². The molecule has 4 unspecified atom stereocenters. The molecule has 0 aromatic heterocycles. The van der Waals surface area contributed by atoms with Gasteiger partial charge in [0.1, 0.15) is 0 Å². The third-order valence-corrected chi connectivity index (χ3v) is 6.96. The van der Waals surface area contributed by atoms with Crippen molar-refractivity contribution in [2.45, 2.75) is 158 Å². The van der Waals surface area contributed by atoms with E-state index in [0.717, 1.165) is 89.9 Å². The Hall–Kier alpha value is -1.63. The summed E-state index contributed by atoms with van der Waals surface area (Å²) in [6, 6.07) is 0. The summed E-state index contributed by atoms with van der Waals surface area (Å²) in [4.78, 5) is 41.5. The van der Waals surface area contributed by atoms with Crippen molar-refractivity contribution >= 4 is 23.9 Å². The minimum Gasteiger partial charge on any atom is -0.550 e. The molecule has 0 aliphatic carbocycles. The van der Waals surface area contributed by atoms with Crippen LogP contribution < -0.4 is 10.2 Å². The molecule has 0 bridgehead atoms. The maximum atomic E-state index is 10.4. The van der Waals surface area contributed by atoms with Crippen molar-refractivity contribution in [3.63, 3.8) is 0 Å². The number of hydrogen-bond acceptors (Lipinski definition) is 6. The van der Waals surface area contributed by atoms with E-state index in [-0.39, 0.29) is 40.2 Å². The number of carbonyl (C=O) groups is 4. The molecule has 4 atom stereocenters. The van der Waals surface area contributed by atoms with E-state index in [0.29, 0.717) is 12.8 Å². The Morgan fingerprint density at radius 3 is 0.780 bits per heavy atom. The fraction of sp³-hybridized carbons (Fsp3) is 0.875. The predicted molar refractivity (Wildman–Crippen MR) is 159 cm³/mol. The van der Waals surface area contributed by atoms with Crippen LogP contribution in [0.2, 0.25) is 0 Å². The fourth-order valence-corrected chi connectivity index (χ4v) is 3.78. The van der Waals surface area contributed by atoms with Crippen LogP contribution in [0.4, 0.5) is 0 Å². The number of aliphatic carboxylic acids is 4. The molecule has 248 valence electrons. The van der Waals surface area contributed by atoms with Gasteiger partial charge in [-0.05, 0) is 63.2 Å². The number of carboxylic acids is 4. The number of carbonyl (C=O) groups excluding carboxylic acids is 2. The van der Waals surface area contributed by atoms with Gasteiger partial charge in [0, 0.05) is 11.9 Å². The SMILES string of the molecule is CCCCC(CC)C(=O)O.CCCCC(CC)C(=O)O.CCCCC(CC)C(=O)[O-].CCCCC(CC)C(=O)[O-].[Ni+2]. The summed E-state index contributed by atoms with van der Waals surface area (Å²) in [5, 5.41) is 37.9. The van der Waals surface area contributed by atoms with Crippen LogP contribution in [0.5, 0.6) is 0 Å².